The molecule has 3 aliphatic rings. The van der Waals surface area contributed by atoms with Crippen molar-refractivity contribution in [3.8, 4) is 0 Å². The average molecular weight is 479 g/mol. The van der Waals surface area contributed by atoms with Gasteiger partial charge in [0.25, 0.3) is 0 Å². The van der Waals surface area contributed by atoms with Crippen LogP contribution in [0.1, 0.15) is 42.5 Å². The molecule has 1 saturated heterocycles. The van der Waals surface area contributed by atoms with Crippen LogP contribution in [0.15, 0.2) is 42.6 Å². The second-order valence-electron chi connectivity index (χ2n) is 10.4. The molecular formula is C25H30F4N4O. The fourth-order valence-electron chi connectivity index (χ4n) is 5.83. The van der Waals surface area contributed by atoms with Gasteiger partial charge in [0, 0.05) is 36.9 Å². The van der Waals surface area contributed by atoms with E-state index >= 15 is 0 Å². The molecule has 2 aliphatic carbocycles. The molecule has 1 unspecified atom stereocenters. The first-order chi connectivity index (χ1) is 16.0. The summed E-state index contributed by atoms with van der Waals surface area (Å²) in [5, 5.41) is 11.3. The van der Waals surface area contributed by atoms with Gasteiger partial charge < -0.3 is 5.11 Å². The van der Waals surface area contributed by atoms with Crippen molar-refractivity contribution in [1.82, 2.24) is 19.7 Å². The van der Waals surface area contributed by atoms with E-state index in [-0.39, 0.29) is 16.9 Å². The van der Waals surface area contributed by atoms with E-state index in [1.54, 1.807) is 12.1 Å². The molecule has 1 atom stereocenters. The summed E-state index contributed by atoms with van der Waals surface area (Å²) < 4.78 is 52.7. The Kier molecular flexibility index (Phi) is 5.75. The molecule has 184 valence electrons. The predicted octanol–water partition coefficient (Wildman–Crippen LogP) is 4.03. The fourth-order valence-corrected chi connectivity index (χ4v) is 5.83. The van der Waals surface area contributed by atoms with Crippen LogP contribution < -0.4 is 0 Å². The highest BCUT2D eigenvalue weighted by molar-refractivity contribution is 5.34. The normalized spacial score (nSPS) is 30.3. The predicted molar refractivity (Wildman–Crippen MR) is 119 cm³/mol. The summed E-state index contributed by atoms with van der Waals surface area (Å²) in [7, 11) is 4.00. The van der Waals surface area contributed by atoms with Crippen LogP contribution in [0.3, 0.4) is 0 Å². The molecular weight excluding hydrogens is 448 g/mol. The smallest absolute Gasteiger partial charge is 0.365 e. The molecule has 5 rings (SSSR count). The largest absolute Gasteiger partial charge is 0.433 e. The molecule has 1 N–H and O–H groups in total. The zero-order valence-electron chi connectivity index (χ0n) is 19.4. The molecule has 1 spiro atoms. The van der Waals surface area contributed by atoms with E-state index in [9.17, 15) is 22.7 Å². The zero-order chi connectivity index (χ0) is 24.3. The maximum absolute atomic E-state index is 14.1. The van der Waals surface area contributed by atoms with Crippen LogP contribution in [-0.2, 0) is 18.3 Å². The lowest BCUT2D eigenvalue weighted by molar-refractivity contribution is -0.141. The van der Waals surface area contributed by atoms with Gasteiger partial charge in [-0.1, -0.05) is 18.2 Å². The van der Waals surface area contributed by atoms with Crippen molar-refractivity contribution in [3.05, 3.63) is 65.2 Å². The van der Waals surface area contributed by atoms with Crippen LogP contribution in [0, 0.1) is 11.7 Å². The number of hydrogen-bond acceptors (Lipinski definition) is 5. The number of benzene rings is 1. The highest BCUT2D eigenvalue weighted by Crippen LogP contribution is 2.58. The van der Waals surface area contributed by atoms with Gasteiger partial charge in [-0.2, -0.15) is 13.2 Å². The molecule has 2 saturated carbocycles. The van der Waals surface area contributed by atoms with Crippen molar-refractivity contribution in [2.75, 3.05) is 27.2 Å². The number of aromatic nitrogens is 1. The second kappa shape index (κ2) is 8.26. The molecule has 0 radical (unpaired) electrons. The van der Waals surface area contributed by atoms with E-state index in [1.165, 1.54) is 18.3 Å². The average Bonchev–Trinajstić information content (AvgIpc) is 3.52. The van der Waals surface area contributed by atoms with Crippen molar-refractivity contribution < 1.29 is 22.7 Å². The van der Waals surface area contributed by atoms with Crippen LogP contribution in [0.5, 0.6) is 0 Å². The van der Waals surface area contributed by atoms with Gasteiger partial charge in [-0.25, -0.2) is 4.39 Å². The molecule has 1 aliphatic heterocycles. The highest BCUT2D eigenvalue weighted by atomic mass is 19.4. The standard InChI is InChI=1S/C25H30F4N4O/c1-31(2)24(19-4-3-5-20(26)10-19)14-23(15-24)16-32(22(34)33(23)13-17-6-7-17)12-18-8-9-21(30-11-18)25(27,28)29/h3-5,8-11,17,22,34H,6-7,12-16H2,1-2H3/t22?,23-,24+. The van der Waals surface area contributed by atoms with Gasteiger partial charge in [0.15, 0.2) is 6.35 Å². The van der Waals surface area contributed by atoms with Gasteiger partial charge in [-0.3, -0.25) is 19.7 Å². The summed E-state index contributed by atoms with van der Waals surface area (Å²) >= 11 is 0. The Morgan fingerprint density at radius 1 is 1.15 bits per heavy atom. The molecule has 9 heteroatoms. The quantitative estimate of drug-likeness (QED) is 0.635. The zero-order valence-corrected chi connectivity index (χ0v) is 19.4. The van der Waals surface area contributed by atoms with Crippen molar-refractivity contribution in [2.24, 2.45) is 5.92 Å². The van der Waals surface area contributed by atoms with Crippen molar-refractivity contribution in [2.45, 2.75) is 55.8 Å². The lowest BCUT2D eigenvalue weighted by Gasteiger charge is -2.61. The molecule has 2 heterocycles. The number of nitrogens with zero attached hydrogens (tertiary/aromatic N) is 4. The molecule has 1 aromatic heterocycles. The number of halogens is 4. The summed E-state index contributed by atoms with van der Waals surface area (Å²) in [6, 6.07) is 9.14. The maximum Gasteiger partial charge on any atom is 0.433 e. The third-order valence-corrected chi connectivity index (χ3v) is 7.83. The Balaban J connectivity index is 1.39. The van der Waals surface area contributed by atoms with Crippen LogP contribution in [0.4, 0.5) is 17.6 Å². The molecule has 2 aromatic rings. The Hall–Kier alpha value is -2.07. The fraction of sp³-hybridized carbons (Fsp3) is 0.560. The van der Waals surface area contributed by atoms with E-state index in [0.29, 0.717) is 24.6 Å². The number of aliphatic hydroxyl groups excluding tert-OH is 1. The summed E-state index contributed by atoms with van der Waals surface area (Å²) in [6.45, 7) is 1.69. The minimum atomic E-state index is -4.48. The summed E-state index contributed by atoms with van der Waals surface area (Å²) in [4.78, 5) is 9.79. The van der Waals surface area contributed by atoms with Crippen LogP contribution >= 0.6 is 0 Å². The summed E-state index contributed by atoms with van der Waals surface area (Å²) in [5.74, 6) is 0.292. The third kappa shape index (κ3) is 4.12. The van der Waals surface area contributed by atoms with Gasteiger partial charge in [-0.05, 0) is 75.0 Å². The first-order valence-corrected chi connectivity index (χ1v) is 11.7. The SMILES string of the molecule is CN(C)[C@]1(c2cccc(F)c2)C[C@@]2(CN(Cc3ccc(C(F)(F)F)nc3)C(O)N2CC2CC2)C1. The van der Waals surface area contributed by atoms with Gasteiger partial charge in [0.2, 0.25) is 0 Å². The van der Waals surface area contributed by atoms with Gasteiger partial charge in [0.05, 0.1) is 0 Å². The van der Waals surface area contributed by atoms with E-state index in [0.717, 1.165) is 43.9 Å². The van der Waals surface area contributed by atoms with E-state index < -0.39 is 18.2 Å². The topological polar surface area (TPSA) is 42.8 Å². The Bertz CT molecular complexity index is 1030. The first-order valence-electron chi connectivity index (χ1n) is 11.7. The van der Waals surface area contributed by atoms with E-state index in [4.69, 9.17) is 0 Å². The second-order valence-corrected chi connectivity index (χ2v) is 10.4. The molecule has 0 amide bonds. The molecule has 1 aromatic carbocycles. The monoisotopic (exact) mass is 478 g/mol. The summed E-state index contributed by atoms with van der Waals surface area (Å²) in [5.41, 5.74) is 0.0103. The Morgan fingerprint density at radius 3 is 2.44 bits per heavy atom. The Labute approximate surface area is 197 Å². The Morgan fingerprint density at radius 2 is 1.88 bits per heavy atom. The minimum absolute atomic E-state index is 0.266. The highest BCUT2D eigenvalue weighted by Gasteiger charge is 2.64. The maximum atomic E-state index is 14.1. The number of aliphatic hydroxyl groups is 1. The molecule has 5 nitrogen and oxygen atoms in total. The third-order valence-electron chi connectivity index (χ3n) is 7.83. The van der Waals surface area contributed by atoms with Crippen LogP contribution in [0.25, 0.3) is 0 Å². The lowest BCUT2D eigenvalue weighted by atomic mass is 9.58. The van der Waals surface area contributed by atoms with Crippen LogP contribution in [-0.4, -0.2) is 63.9 Å². The van der Waals surface area contributed by atoms with E-state index in [2.05, 4.69) is 14.8 Å². The van der Waals surface area contributed by atoms with Crippen molar-refractivity contribution >= 4 is 0 Å². The number of pyridine rings is 1. The molecule has 34 heavy (non-hydrogen) atoms. The first kappa shape index (κ1) is 23.7. The minimum Gasteiger partial charge on any atom is -0.365 e. The number of alkyl halides is 3. The number of hydrogen-bond donors (Lipinski definition) is 1. The van der Waals surface area contributed by atoms with Gasteiger partial charge in [-0.15, -0.1) is 0 Å². The van der Waals surface area contributed by atoms with Crippen LogP contribution in [0.2, 0.25) is 0 Å². The molecule has 0 bridgehead atoms. The van der Waals surface area contributed by atoms with E-state index in [1.807, 2.05) is 25.1 Å². The lowest BCUT2D eigenvalue weighted by Crippen LogP contribution is -2.68. The molecule has 3 fully saturated rings. The van der Waals surface area contributed by atoms with Crippen molar-refractivity contribution in [3.63, 3.8) is 0 Å². The summed E-state index contributed by atoms with van der Waals surface area (Å²) in [6.07, 6.45) is -0.298. The van der Waals surface area contributed by atoms with Gasteiger partial charge in [0.1, 0.15) is 11.5 Å². The number of rotatable bonds is 6. The van der Waals surface area contributed by atoms with Crippen molar-refractivity contribution in [1.29, 1.82) is 0 Å². The van der Waals surface area contributed by atoms with Gasteiger partial charge >= 0.3 is 6.18 Å².